The van der Waals surface area contributed by atoms with E-state index in [1.807, 2.05) is 25.1 Å². The molecular formula is C13H17NO3S. The van der Waals surface area contributed by atoms with Crippen molar-refractivity contribution in [1.82, 2.24) is 5.32 Å². The number of benzene rings is 1. The highest BCUT2D eigenvalue weighted by Crippen LogP contribution is 2.18. The molecule has 0 radical (unpaired) electrons. The van der Waals surface area contributed by atoms with Gasteiger partial charge >= 0.3 is 0 Å². The third kappa shape index (κ3) is 4.14. The predicted molar refractivity (Wildman–Crippen MR) is 69.8 cm³/mol. The zero-order valence-electron chi connectivity index (χ0n) is 10.3. The Balaban J connectivity index is 1.95. The number of sulfone groups is 1. The number of aryl methyl sites for hydroxylation is 1. The normalized spacial score (nSPS) is 15.4. The molecule has 0 unspecified atom stereocenters. The van der Waals surface area contributed by atoms with Gasteiger partial charge in [-0.1, -0.05) is 29.8 Å². The average molecular weight is 267 g/mol. The van der Waals surface area contributed by atoms with Crippen molar-refractivity contribution in [3.63, 3.8) is 0 Å². The van der Waals surface area contributed by atoms with E-state index in [0.29, 0.717) is 0 Å². The first-order valence-corrected chi connectivity index (χ1v) is 7.82. The Hall–Kier alpha value is -1.36. The molecule has 1 fully saturated rings. The second-order valence-electron chi connectivity index (χ2n) is 4.86. The monoisotopic (exact) mass is 267 g/mol. The van der Waals surface area contributed by atoms with Crippen molar-refractivity contribution in [1.29, 1.82) is 0 Å². The van der Waals surface area contributed by atoms with Gasteiger partial charge in [-0.25, -0.2) is 8.42 Å². The van der Waals surface area contributed by atoms with Crippen molar-refractivity contribution in [2.24, 2.45) is 0 Å². The molecule has 1 aromatic carbocycles. The molecule has 1 N–H and O–H groups in total. The number of amides is 1. The summed E-state index contributed by atoms with van der Waals surface area (Å²) in [5.41, 5.74) is 1.75. The van der Waals surface area contributed by atoms with Gasteiger partial charge in [0.2, 0.25) is 5.91 Å². The van der Waals surface area contributed by atoms with Crippen LogP contribution in [0, 0.1) is 6.92 Å². The Bertz CT molecular complexity index is 547. The summed E-state index contributed by atoms with van der Waals surface area (Å²) in [5.74, 6) is -0.880. The van der Waals surface area contributed by atoms with Crippen LogP contribution in [0.3, 0.4) is 0 Å². The lowest BCUT2D eigenvalue weighted by molar-refractivity contribution is -0.118. The van der Waals surface area contributed by atoms with Crippen molar-refractivity contribution in [3.05, 3.63) is 35.4 Å². The van der Waals surface area contributed by atoms with Crippen LogP contribution in [0.2, 0.25) is 0 Å². The molecule has 0 atom stereocenters. The van der Waals surface area contributed by atoms with E-state index in [-0.39, 0.29) is 17.7 Å². The van der Waals surface area contributed by atoms with Gasteiger partial charge in [0.1, 0.15) is 5.75 Å². The summed E-state index contributed by atoms with van der Waals surface area (Å²) in [5, 5.41) is 2.69. The topological polar surface area (TPSA) is 63.2 Å². The Morgan fingerprint density at radius 1 is 1.39 bits per heavy atom. The molecule has 1 aliphatic carbocycles. The summed E-state index contributed by atoms with van der Waals surface area (Å²) in [6, 6.07) is 7.53. The quantitative estimate of drug-likeness (QED) is 0.871. The standard InChI is InChI=1S/C13H17NO3S/c1-10-3-2-4-11(7-10)8-18(16,17)9-13(15)14-12-5-6-12/h2-4,7,12H,5-6,8-9H2,1H3,(H,14,15). The van der Waals surface area contributed by atoms with Crippen LogP contribution >= 0.6 is 0 Å². The molecule has 0 spiro atoms. The maximum absolute atomic E-state index is 11.9. The third-order valence-electron chi connectivity index (χ3n) is 2.76. The fourth-order valence-electron chi connectivity index (χ4n) is 1.80. The summed E-state index contributed by atoms with van der Waals surface area (Å²) >= 11 is 0. The molecule has 18 heavy (non-hydrogen) atoms. The Morgan fingerprint density at radius 2 is 2.11 bits per heavy atom. The van der Waals surface area contributed by atoms with Crippen LogP contribution in [0.1, 0.15) is 24.0 Å². The highest BCUT2D eigenvalue weighted by molar-refractivity contribution is 7.91. The van der Waals surface area contributed by atoms with Gasteiger partial charge in [0.05, 0.1) is 5.75 Å². The number of carbonyl (C=O) groups excluding carboxylic acids is 1. The number of hydrogen-bond donors (Lipinski definition) is 1. The minimum Gasteiger partial charge on any atom is -0.352 e. The van der Waals surface area contributed by atoms with E-state index in [9.17, 15) is 13.2 Å². The Morgan fingerprint density at radius 3 is 2.72 bits per heavy atom. The lowest BCUT2D eigenvalue weighted by atomic mass is 10.2. The lowest BCUT2D eigenvalue weighted by Crippen LogP contribution is -2.32. The number of nitrogens with one attached hydrogen (secondary N) is 1. The molecule has 4 nitrogen and oxygen atoms in total. The maximum atomic E-state index is 11.9. The number of hydrogen-bond acceptors (Lipinski definition) is 3. The first-order chi connectivity index (χ1) is 8.44. The molecule has 98 valence electrons. The van der Waals surface area contributed by atoms with Crippen LogP contribution in [-0.4, -0.2) is 26.1 Å². The summed E-state index contributed by atoms with van der Waals surface area (Å²) in [6.45, 7) is 1.91. The van der Waals surface area contributed by atoms with Crippen molar-refractivity contribution < 1.29 is 13.2 Å². The van der Waals surface area contributed by atoms with Crippen LogP contribution in [0.4, 0.5) is 0 Å². The van der Waals surface area contributed by atoms with E-state index < -0.39 is 15.6 Å². The summed E-state index contributed by atoms with van der Waals surface area (Å²) < 4.78 is 23.7. The molecule has 1 amide bonds. The molecule has 1 aromatic rings. The minimum absolute atomic E-state index is 0.0766. The van der Waals surface area contributed by atoms with Crippen molar-refractivity contribution in [3.8, 4) is 0 Å². The maximum Gasteiger partial charge on any atom is 0.235 e. The molecule has 1 saturated carbocycles. The smallest absolute Gasteiger partial charge is 0.235 e. The van der Waals surface area contributed by atoms with Gasteiger partial charge in [-0.2, -0.15) is 0 Å². The van der Waals surface area contributed by atoms with Gasteiger partial charge in [-0.15, -0.1) is 0 Å². The van der Waals surface area contributed by atoms with Gasteiger partial charge in [0, 0.05) is 6.04 Å². The molecule has 0 aromatic heterocycles. The fraction of sp³-hybridized carbons (Fsp3) is 0.462. The molecule has 0 saturated heterocycles. The fourth-order valence-corrected chi connectivity index (χ4v) is 3.08. The van der Waals surface area contributed by atoms with Crippen LogP contribution in [0.25, 0.3) is 0 Å². The van der Waals surface area contributed by atoms with E-state index in [1.54, 1.807) is 6.07 Å². The highest BCUT2D eigenvalue weighted by Gasteiger charge is 2.25. The van der Waals surface area contributed by atoms with E-state index >= 15 is 0 Å². The molecule has 0 bridgehead atoms. The largest absolute Gasteiger partial charge is 0.352 e. The van der Waals surface area contributed by atoms with E-state index in [2.05, 4.69) is 5.32 Å². The first kappa shape index (κ1) is 13.1. The number of rotatable bonds is 5. The Kier molecular flexibility index (Phi) is 3.71. The van der Waals surface area contributed by atoms with Crippen molar-refractivity contribution >= 4 is 15.7 Å². The van der Waals surface area contributed by atoms with Crippen molar-refractivity contribution in [2.45, 2.75) is 31.6 Å². The zero-order valence-corrected chi connectivity index (χ0v) is 11.2. The average Bonchev–Trinajstić information content (AvgIpc) is 2.99. The minimum atomic E-state index is -3.38. The van der Waals surface area contributed by atoms with E-state index in [1.165, 1.54) is 0 Å². The van der Waals surface area contributed by atoms with Gasteiger partial charge in [0.15, 0.2) is 9.84 Å². The molecule has 1 aliphatic rings. The van der Waals surface area contributed by atoms with Crippen LogP contribution in [0.15, 0.2) is 24.3 Å². The van der Waals surface area contributed by atoms with Crippen LogP contribution in [0.5, 0.6) is 0 Å². The highest BCUT2D eigenvalue weighted by atomic mass is 32.2. The Labute approximate surface area is 107 Å². The van der Waals surface area contributed by atoms with E-state index in [4.69, 9.17) is 0 Å². The summed E-state index contributed by atoms with van der Waals surface area (Å²) in [6.07, 6.45) is 1.92. The second-order valence-corrected chi connectivity index (χ2v) is 6.93. The molecule has 5 heteroatoms. The van der Waals surface area contributed by atoms with Crippen LogP contribution in [-0.2, 0) is 20.4 Å². The number of carbonyl (C=O) groups is 1. The summed E-state index contributed by atoms with van der Waals surface area (Å²) in [7, 11) is -3.38. The van der Waals surface area contributed by atoms with Gasteiger partial charge in [0.25, 0.3) is 0 Å². The summed E-state index contributed by atoms with van der Waals surface area (Å²) in [4.78, 5) is 11.5. The predicted octanol–water partition coefficient (Wildman–Crippen LogP) is 1.19. The lowest BCUT2D eigenvalue weighted by Gasteiger charge is -2.06. The molecule has 0 aliphatic heterocycles. The van der Waals surface area contributed by atoms with Crippen molar-refractivity contribution in [2.75, 3.05) is 5.75 Å². The third-order valence-corrected chi connectivity index (χ3v) is 4.24. The van der Waals surface area contributed by atoms with Gasteiger partial charge in [-0.3, -0.25) is 4.79 Å². The SMILES string of the molecule is Cc1cccc(CS(=O)(=O)CC(=O)NC2CC2)c1. The van der Waals surface area contributed by atoms with Gasteiger partial charge in [-0.05, 0) is 25.3 Å². The van der Waals surface area contributed by atoms with E-state index in [0.717, 1.165) is 24.0 Å². The van der Waals surface area contributed by atoms with Crippen LogP contribution < -0.4 is 5.32 Å². The molecule has 0 heterocycles. The van der Waals surface area contributed by atoms with Gasteiger partial charge < -0.3 is 5.32 Å². The zero-order chi connectivity index (χ0) is 13.2. The molecule has 2 rings (SSSR count). The molecular weight excluding hydrogens is 250 g/mol. The first-order valence-electron chi connectivity index (χ1n) is 6.00. The second kappa shape index (κ2) is 5.10.